The first-order chi connectivity index (χ1) is 7.69. The molecule has 0 unspecified atom stereocenters. The second-order valence-electron chi connectivity index (χ2n) is 6.12. The van der Waals surface area contributed by atoms with E-state index in [1.807, 2.05) is 0 Å². The zero-order chi connectivity index (χ0) is 13.3. The van der Waals surface area contributed by atoms with Crippen LogP contribution in [0.4, 0.5) is 0 Å². The van der Waals surface area contributed by atoms with E-state index in [4.69, 9.17) is 10.8 Å². The monoisotopic (exact) mass is 253 g/mol. The van der Waals surface area contributed by atoms with E-state index in [9.17, 15) is 4.79 Å². The molecule has 1 saturated heterocycles. The summed E-state index contributed by atoms with van der Waals surface area (Å²) in [5, 5.41) is 0.132. The summed E-state index contributed by atoms with van der Waals surface area (Å²) < 4.78 is 6.13. The van der Waals surface area contributed by atoms with Gasteiger partial charge in [0, 0.05) is 6.54 Å². The molecule has 1 rings (SSSR count). The Morgan fingerprint density at radius 2 is 2.12 bits per heavy atom. The van der Waals surface area contributed by atoms with E-state index in [0.717, 1.165) is 13.0 Å². The fourth-order valence-corrected chi connectivity index (χ4v) is 2.90. The molecule has 1 fully saturated rings. The highest BCUT2D eigenvalue weighted by atomic mass is 28.4. The topological polar surface area (TPSA) is 29.5 Å². The van der Waals surface area contributed by atoms with Crippen molar-refractivity contribution in [3.8, 4) is 12.3 Å². The normalized spacial score (nSPS) is 21.8. The number of likely N-dealkylation sites (tertiary alicyclic amines) is 1. The lowest BCUT2D eigenvalue weighted by molar-refractivity contribution is -0.133. The molecule has 1 heterocycles. The zero-order valence-electron chi connectivity index (χ0n) is 11.5. The number of carbonyl (C=O) groups is 1. The van der Waals surface area contributed by atoms with Gasteiger partial charge in [0.1, 0.15) is 6.10 Å². The maximum Gasteiger partial charge on any atom is 0.251 e. The number of rotatable bonds is 3. The second kappa shape index (κ2) is 4.83. The van der Waals surface area contributed by atoms with Crippen molar-refractivity contribution in [1.29, 1.82) is 0 Å². The van der Waals surface area contributed by atoms with Crippen molar-refractivity contribution in [2.75, 3.05) is 13.1 Å². The highest BCUT2D eigenvalue weighted by Gasteiger charge is 2.43. The van der Waals surface area contributed by atoms with Crippen molar-refractivity contribution in [2.24, 2.45) is 0 Å². The van der Waals surface area contributed by atoms with E-state index >= 15 is 0 Å². The fraction of sp³-hybridized carbons (Fsp3) is 0.769. The lowest BCUT2D eigenvalue weighted by Gasteiger charge is -2.37. The van der Waals surface area contributed by atoms with Crippen LogP contribution in [0, 0.1) is 12.3 Å². The molecule has 1 amide bonds. The smallest absolute Gasteiger partial charge is 0.251 e. The molecule has 0 N–H and O–H groups in total. The number of amides is 1. The van der Waals surface area contributed by atoms with Crippen LogP contribution in [0.5, 0.6) is 0 Å². The summed E-state index contributed by atoms with van der Waals surface area (Å²) in [5.74, 6) is 2.58. The molecule has 4 heteroatoms. The number of terminal acetylenes is 1. The van der Waals surface area contributed by atoms with Gasteiger partial charge in [-0.15, -0.1) is 6.42 Å². The first-order valence-electron chi connectivity index (χ1n) is 6.09. The summed E-state index contributed by atoms with van der Waals surface area (Å²) in [6, 6.07) is 0. The van der Waals surface area contributed by atoms with E-state index in [-0.39, 0.29) is 17.0 Å². The van der Waals surface area contributed by atoms with Crippen LogP contribution in [0.15, 0.2) is 0 Å². The average molecular weight is 253 g/mol. The molecular formula is C13H23NO2Si. The largest absolute Gasteiger partial charge is 0.405 e. The predicted octanol–water partition coefficient (Wildman–Crippen LogP) is 2.24. The Morgan fingerprint density at radius 1 is 1.53 bits per heavy atom. The van der Waals surface area contributed by atoms with E-state index < -0.39 is 8.32 Å². The van der Waals surface area contributed by atoms with E-state index in [2.05, 4.69) is 39.8 Å². The van der Waals surface area contributed by atoms with Gasteiger partial charge in [-0.2, -0.15) is 0 Å². The molecule has 0 saturated carbocycles. The van der Waals surface area contributed by atoms with Gasteiger partial charge in [-0.3, -0.25) is 4.79 Å². The highest BCUT2D eigenvalue weighted by molar-refractivity contribution is 6.74. The van der Waals surface area contributed by atoms with Gasteiger partial charge in [0.15, 0.2) is 8.32 Å². The summed E-state index contributed by atoms with van der Waals surface area (Å²) in [7, 11) is -1.86. The van der Waals surface area contributed by atoms with Gasteiger partial charge in [0.2, 0.25) is 0 Å². The van der Waals surface area contributed by atoms with Crippen LogP contribution in [0.2, 0.25) is 18.1 Å². The van der Waals surface area contributed by atoms with Crippen molar-refractivity contribution in [2.45, 2.75) is 51.4 Å². The molecule has 1 atom stereocenters. The van der Waals surface area contributed by atoms with Crippen molar-refractivity contribution >= 4 is 14.2 Å². The number of hydrogen-bond donors (Lipinski definition) is 0. The minimum Gasteiger partial charge on any atom is -0.405 e. The molecule has 0 aromatic rings. The predicted molar refractivity (Wildman–Crippen MR) is 72.1 cm³/mol. The number of nitrogens with zero attached hydrogens (tertiary/aromatic N) is 1. The van der Waals surface area contributed by atoms with E-state index in [0.29, 0.717) is 6.54 Å². The third kappa shape index (κ3) is 3.11. The Kier molecular flexibility index (Phi) is 4.05. The molecule has 0 radical (unpaired) electrons. The van der Waals surface area contributed by atoms with Gasteiger partial charge in [0.05, 0.1) is 6.54 Å². The summed E-state index contributed by atoms with van der Waals surface area (Å²) in [4.78, 5) is 13.7. The Hall–Kier alpha value is -0.793. The number of carbonyl (C=O) groups excluding carboxylic acids is 1. The van der Waals surface area contributed by atoms with Gasteiger partial charge in [0.25, 0.3) is 5.91 Å². The molecule has 0 bridgehead atoms. The second-order valence-corrected chi connectivity index (χ2v) is 10.9. The Bertz CT molecular complexity index is 338. The maximum absolute atomic E-state index is 12.0. The van der Waals surface area contributed by atoms with Crippen molar-refractivity contribution in [3.05, 3.63) is 0 Å². The lowest BCUT2D eigenvalue weighted by atomic mass is 10.2. The molecule has 0 aliphatic carbocycles. The van der Waals surface area contributed by atoms with Crippen molar-refractivity contribution in [3.63, 3.8) is 0 Å². The molecule has 0 aromatic heterocycles. The SMILES string of the molecule is C#CCN1CC[C@H](O[Si](C)(C)C(C)(C)C)C1=O. The Morgan fingerprint density at radius 3 is 2.59 bits per heavy atom. The maximum atomic E-state index is 12.0. The van der Waals surface area contributed by atoms with E-state index in [1.54, 1.807) is 4.90 Å². The van der Waals surface area contributed by atoms with Crippen LogP contribution < -0.4 is 0 Å². The van der Waals surface area contributed by atoms with Gasteiger partial charge in [-0.1, -0.05) is 26.7 Å². The van der Waals surface area contributed by atoms with E-state index in [1.165, 1.54) is 0 Å². The summed E-state index contributed by atoms with van der Waals surface area (Å²) in [5.41, 5.74) is 0. The Labute approximate surface area is 106 Å². The lowest BCUT2D eigenvalue weighted by Crippen LogP contribution is -2.46. The van der Waals surface area contributed by atoms with Crippen LogP contribution in [-0.2, 0) is 9.22 Å². The third-order valence-electron chi connectivity index (χ3n) is 3.77. The highest BCUT2D eigenvalue weighted by Crippen LogP contribution is 2.38. The first-order valence-corrected chi connectivity index (χ1v) is 9.00. The molecule has 0 aromatic carbocycles. The van der Waals surface area contributed by atoms with Crippen LogP contribution in [0.25, 0.3) is 0 Å². The molecule has 96 valence electrons. The zero-order valence-corrected chi connectivity index (χ0v) is 12.5. The van der Waals surface area contributed by atoms with Crippen LogP contribution in [-0.4, -0.2) is 38.3 Å². The summed E-state index contributed by atoms with van der Waals surface area (Å²) >= 11 is 0. The van der Waals surface area contributed by atoms with Gasteiger partial charge in [-0.25, -0.2) is 0 Å². The molecule has 0 spiro atoms. The number of hydrogen-bond acceptors (Lipinski definition) is 2. The van der Waals surface area contributed by atoms with Gasteiger partial charge < -0.3 is 9.33 Å². The average Bonchev–Trinajstić information content (AvgIpc) is 2.48. The molecule has 1 aliphatic rings. The van der Waals surface area contributed by atoms with Crippen molar-refractivity contribution < 1.29 is 9.22 Å². The quantitative estimate of drug-likeness (QED) is 0.570. The minimum atomic E-state index is -1.86. The van der Waals surface area contributed by atoms with Gasteiger partial charge in [-0.05, 0) is 24.6 Å². The standard InChI is InChI=1S/C13H23NO2Si/c1-7-9-14-10-8-11(12(14)15)16-17(5,6)13(2,3)4/h1,11H,8-10H2,2-6H3/t11-/m0/s1. The van der Waals surface area contributed by atoms with Crippen LogP contribution in [0.3, 0.4) is 0 Å². The molecule has 1 aliphatic heterocycles. The Balaban J connectivity index is 2.67. The molecule has 3 nitrogen and oxygen atoms in total. The summed E-state index contributed by atoms with van der Waals surface area (Å²) in [6.45, 7) is 12.0. The minimum absolute atomic E-state index is 0.0628. The van der Waals surface area contributed by atoms with Crippen LogP contribution in [0.1, 0.15) is 27.2 Å². The first kappa shape index (κ1) is 14.3. The fourth-order valence-electron chi connectivity index (χ4n) is 1.62. The third-order valence-corrected chi connectivity index (χ3v) is 8.26. The van der Waals surface area contributed by atoms with Gasteiger partial charge >= 0.3 is 0 Å². The molecule has 17 heavy (non-hydrogen) atoms. The summed E-state index contributed by atoms with van der Waals surface area (Å²) in [6.07, 6.45) is 5.73. The van der Waals surface area contributed by atoms with Crippen LogP contribution >= 0.6 is 0 Å². The molecular weight excluding hydrogens is 230 g/mol. The van der Waals surface area contributed by atoms with Crippen molar-refractivity contribution in [1.82, 2.24) is 4.90 Å².